The summed E-state index contributed by atoms with van der Waals surface area (Å²) in [4.78, 5) is 11.1. The van der Waals surface area contributed by atoms with Crippen LogP contribution in [0.3, 0.4) is 0 Å². The molecule has 0 aliphatic rings. The summed E-state index contributed by atoms with van der Waals surface area (Å²) in [5, 5.41) is 12.5. The molecule has 1 atom stereocenters. The van der Waals surface area contributed by atoms with Gasteiger partial charge in [-0.15, -0.1) is 0 Å². The fourth-order valence-electron chi connectivity index (χ4n) is 1.81. The summed E-state index contributed by atoms with van der Waals surface area (Å²) in [6.45, 7) is 6.64. The summed E-state index contributed by atoms with van der Waals surface area (Å²) in [6, 6.07) is 0. The zero-order valence-corrected chi connectivity index (χ0v) is 12.0. The van der Waals surface area contributed by atoms with E-state index in [9.17, 15) is 5.11 Å². The molecule has 0 amide bonds. The van der Waals surface area contributed by atoms with Crippen LogP contribution in [-0.4, -0.2) is 41.8 Å². The van der Waals surface area contributed by atoms with Gasteiger partial charge in [-0.05, 0) is 20.3 Å². The van der Waals surface area contributed by atoms with Crippen LogP contribution >= 0.6 is 0 Å². The number of aliphatic hydroxyl groups excluding tert-OH is 1. The molecule has 1 aromatic heterocycles. The Labute approximate surface area is 109 Å². The first-order valence-corrected chi connectivity index (χ1v) is 6.44. The molecule has 0 aromatic carbocycles. The van der Waals surface area contributed by atoms with Crippen molar-refractivity contribution < 1.29 is 5.11 Å². The molecule has 18 heavy (non-hydrogen) atoms. The van der Waals surface area contributed by atoms with Gasteiger partial charge in [0.25, 0.3) is 0 Å². The SMILES string of the molecule is CCc1nc(NC)c(C)c(N(C)CCC(C)O)n1. The van der Waals surface area contributed by atoms with Crippen LogP contribution in [0.25, 0.3) is 0 Å². The van der Waals surface area contributed by atoms with Crippen molar-refractivity contribution in [2.45, 2.75) is 39.7 Å². The summed E-state index contributed by atoms with van der Waals surface area (Å²) in [5.74, 6) is 2.65. The van der Waals surface area contributed by atoms with Gasteiger partial charge in [0.05, 0.1) is 6.10 Å². The van der Waals surface area contributed by atoms with Crippen LogP contribution in [0.15, 0.2) is 0 Å². The van der Waals surface area contributed by atoms with Crippen molar-refractivity contribution in [2.75, 3.05) is 30.9 Å². The quantitative estimate of drug-likeness (QED) is 0.805. The predicted molar refractivity (Wildman–Crippen MR) is 75.3 cm³/mol. The third kappa shape index (κ3) is 3.57. The first-order valence-electron chi connectivity index (χ1n) is 6.44. The molecule has 1 heterocycles. The summed E-state index contributed by atoms with van der Waals surface area (Å²) in [7, 11) is 3.87. The van der Waals surface area contributed by atoms with E-state index in [1.807, 2.05) is 27.9 Å². The molecular weight excluding hydrogens is 228 g/mol. The monoisotopic (exact) mass is 252 g/mol. The van der Waals surface area contributed by atoms with E-state index in [1.54, 1.807) is 6.92 Å². The highest BCUT2D eigenvalue weighted by Crippen LogP contribution is 2.22. The van der Waals surface area contributed by atoms with Crippen LogP contribution in [0.1, 0.15) is 31.7 Å². The number of aromatic nitrogens is 2. The van der Waals surface area contributed by atoms with E-state index in [1.165, 1.54) is 0 Å². The molecule has 0 aliphatic carbocycles. The smallest absolute Gasteiger partial charge is 0.137 e. The summed E-state index contributed by atoms with van der Waals surface area (Å²) in [5.41, 5.74) is 1.04. The lowest BCUT2D eigenvalue weighted by Crippen LogP contribution is -2.24. The van der Waals surface area contributed by atoms with Gasteiger partial charge in [0, 0.05) is 32.6 Å². The minimum Gasteiger partial charge on any atom is -0.393 e. The van der Waals surface area contributed by atoms with Gasteiger partial charge >= 0.3 is 0 Å². The van der Waals surface area contributed by atoms with E-state index in [4.69, 9.17) is 0 Å². The Morgan fingerprint density at radius 2 is 2.06 bits per heavy atom. The Morgan fingerprint density at radius 1 is 1.39 bits per heavy atom. The van der Waals surface area contributed by atoms with Crippen molar-refractivity contribution in [1.29, 1.82) is 0 Å². The highest BCUT2D eigenvalue weighted by atomic mass is 16.3. The van der Waals surface area contributed by atoms with Crippen molar-refractivity contribution in [2.24, 2.45) is 0 Å². The van der Waals surface area contributed by atoms with Crippen molar-refractivity contribution in [3.63, 3.8) is 0 Å². The Bertz CT molecular complexity index is 393. The minimum absolute atomic E-state index is 0.288. The maximum absolute atomic E-state index is 9.35. The molecule has 1 rings (SSSR count). The number of hydrogen-bond acceptors (Lipinski definition) is 5. The second-order valence-corrected chi connectivity index (χ2v) is 4.60. The number of nitrogens with one attached hydrogen (secondary N) is 1. The molecule has 0 saturated heterocycles. The number of aryl methyl sites for hydroxylation is 1. The lowest BCUT2D eigenvalue weighted by atomic mass is 10.2. The van der Waals surface area contributed by atoms with E-state index >= 15 is 0 Å². The van der Waals surface area contributed by atoms with E-state index < -0.39 is 0 Å². The molecule has 1 unspecified atom stereocenters. The lowest BCUT2D eigenvalue weighted by Gasteiger charge is -2.22. The molecule has 1 aromatic rings. The van der Waals surface area contributed by atoms with Crippen LogP contribution < -0.4 is 10.2 Å². The van der Waals surface area contributed by atoms with Crippen molar-refractivity contribution >= 4 is 11.6 Å². The molecule has 2 N–H and O–H groups in total. The van der Waals surface area contributed by atoms with Crippen LogP contribution in [-0.2, 0) is 6.42 Å². The summed E-state index contributed by atoms with van der Waals surface area (Å²) in [6.07, 6.45) is 1.26. The van der Waals surface area contributed by atoms with Crippen molar-refractivity contribution in [3.05, 3.63) is 11.4 Å². The lowest BCUT2D eigenvalue weighted by molar-refractivity contribution is 0.187. The van der Waals surface area contributed by atoms with Gasteiger partial charge in [0.1, 0.15) is 17.5 Å². The summed E-state index contributed by atoms with van der Waals surface area (Å²) >= 11 is 0. The molecule has 5 heteroatoms. The average Bonchev–Trinajstić information content (AvgIpc) is 2.36. The zero-order chi connectivity index (χ0) is 13.7. The van der Waals surface area contributed by atoms with Crippen LogP contribution in [0.5, 0.6) is 0 Å². The first-order chi connectivity index (χ1) is 8.49. The van der Waals surface area contributed by atoms with E-state index in [0.717, 1.165) is 42.4 Å². The van der Waals surface area contributed by atoms with Gasteiger partial charge in [-0.2, -0.15) is 0 Å². The predicted octanol–water partition coefficient (Wildman–Crippen LogP) is 1.60. The van der Waals surface area contributed by atoms with Crippen molar-refractivity contribution in [3.8, 4) is 0 Å². The maximum Gasteiger partial charge on any atom is 0.137 e. The standard InChI is InChI=1S/C13H24N4O/c1-6-11-15-12(14-4)10(3)13(16-11)17(5)8-7-9(2)18/h9,18H,6-8H2,1-5H3,(H,14,15,16). The molecule has 0 fully saturated rings. The average molecular weight is 252 g/mol. The molecule has 0 saturated carbocycles. The number of anilines is 2. The molecular formula is C13H24N4O. The molecule has 102 valence electrons. The van der Waals surface area contributed by atoms with Gasteiger partial charge in [-0.25, -0.2) is 9.97 Å². The van der Waals surface area contributed by atoms with E-state index in [-0.39, 0.29) is 6.10 Å². The van der Waals surface area contributed by atoms with Gasteiger partial charge in [0.2, 0.25) is 0 Å². The maximum atomic E-state index is 9.35. The largest absolute Gasteiger partial charge is 0.393 e. The number of nitrogens with zero attached hydrogens (tertiary/aromatic N) is 3. The minimum atomic E-state index is -0.288. The molecule has 0 bridgehead atoms. The molecule has 0 radical (unpaired) electrons. The normalized spacial score (nSPS) is 12.3. The van der Waals surface area contributed by atoms with Gasteiger partial charge in [-0.3, -0.25) is 0 Å². The van der Waals surface area contributed by atoms with Crippen molar-refractivity contribution in [1.82, 2.24) is 9.97 Å². The van der Waals surface area contributed by atoms with Crippen LogP contribution in [0, 0.1) is 6.92 Å². The van der Waals surface area contributed by atoms with Crippen LogP contribution in [0.2, 0.25) is 0 Å². The fourth-order valence-corrected chi connectivity index (χ4v) is 1.81. The Hall–Kier alpha value is -1.36. The third-order valence-corrected chi connectivity index (χ3v) is 2.96. The van der Waals surface area contributed by atoms with E-state index in [0.29, 0.717) is 0 Å². The van der Waals surface area contributed by atoms with Gasteiger partial charge in [-0.1, -0.05) is 6.92 Å². The van der Waals surface area contributed by atoms with Gasteiger partial charge in [0.15, 0.2) is 0 Å². The fraction of sp³-hybridized carbons (Fsp3) is 0.692. The number of rotatable bonds is 6. The van der Waals surface area contributed by atoms with E-state index in [2.05, 4.69) is 20.2 Å². The molecule has 0 aliphatic heterocycles. The zero-order valence-electron chi connectivity index (χ0n) is 12.0. The highest BCUT2D eigenvalue weighted by Gasteiger charge is 2.13. The summed E-state index contributed by atoms with van der Waals surface area (Å²) < 4.78 is 0. The molecule has 0 spiro atoms. The number of hydrogen-bond donors (Lipinski definition) is 2. The van der Waals surface area contributed by atoms with Gasteiger partial charge < -0.3 is 15.3 Å². The second kappa shape index (κ2) is 6.54. The Kier molecular flexibility index (Phi) is 5.34. The Balaban J connectivity index is 2.98. The number of aliphatic hydroxyl groups is 1. The molecule has 5 nitrogen and oxygen atoms in total. The first kappa shape index (κ1) is 14.7. The highest BCUT2D eigenvalue weighted by molar-refractivity contribution is 5.58. The Morgan fingerprint density at radius 3 is 2.56 bits per heavy atom. The third-order valence-electron chi connectivity index (χ3n) is 2.96. The topological polar surface area (TPSA) is 61.3 Å². The van der Waals surface area contributed by atoms with Crippen LogP contribution in [0.4, 0.5) is 11.6 Å². The second-order valence-electron chi connectivity index (χ2n) is 4.60.